The van der Waals surface area contributed by atoms with E-state index in [1.807, 2.05) is 42.6 Å². The molecule has 1 amide bonds. The van der Waals surface area contributed by atoms with Gasteiger partial charge in [-0.25, -0.2) is 4.98 Å². The number of imidazole rings is 1. The third-order valence-corrected chi connectivity index (χ3v) is 4.88. The molecule has 2 N–H and O–H groups in total. The highest BCUT2D eigenvalue weighted by molar-refractivity contribution is 5.91. The number of hydrogen-bond acceptors (Lipinski definition) is 2. The maximum absolute atomic E-state index is 12.5. The molecule has 0 atom stereocenters. The van der Waals surface area contributed by atoms with Crippen LogP contribution < -0.4 is 5.32 Å². The van der Waals surface area contributed by atoms with Crippen molar-refractivity contribution in [3.8, 4) is 0 Å². The quantitative estimate of drug-likeness (QED) is 0.493. The summed E-state index contributed by atoms with van der Waals surface area (Å²) < 4.78 is 2.09. The second-order valence-electron chi connectivity index (χ2n) is 6.84. The van der Waals surface area contributed by atoms with Gasteiger partial charge in [-0.15, -0.1) is 0 Å². The molecule has 2 aromatic carbocycles. The van der Waals surface area contributed by atoms with Crippen molar-refractivity contribution in [1.82, 2.24) is 14.5 Å². The fourth-order valence-corrected chi connectivity index (χ4v) is 3.59. The van der Waals surface area contributed by atoms with Crippen molar-refractivity contribution >= 4 is 33.8 Å². The van der Waals surface area contributed by atoms with E-state index in [1.54, 1.807) is 0 Å². The highest BCUT2D eigenvalue weighted by Crippen LogP contribution is 2.21. The van der Waals surface area contributed by atoms with Crippen molar-refractivity contribution in [2.75, 3.05) is 5.32 Å². The number of aromatic amines is 1. The summed E-state index contributed by atoms with van der Waals surface area (Å²) in [5, 5.41) is 4.25. The maximum atomic E-state index is 12.5. The van der Waals surface area contributed by atoms with Gasteiger partial charge in [-0.1, -0.05) is 37.3 Å². The lowest BCUT2D eigenvalue weighted by molar-refractivity contribution is -0.116. The van der Waals surface area contributed by atoms with E-state index in [4.69, 9.17) is 0 Å². The molecule has 0 spiro atoms. The van der Waals surface area contributed by atoms with Crippen LogP contribution in [0.3, 0.4) is 0 Å². The minimum atomic E-state index is 0.0162. The first-order chi connectivity index (χ1) is 13.3. The lowest BCUT2D eigenvalue weighted by Crippen LogP contribution is -2.15. The molecule has 0 aliphatic carbocycles. The summed E-state index contributed by atoms with van der Waals surface area (Å²) in [5.74, 6) is 0.664. The van der Waals surface area contributed by atoms with Crippen LogP contribution in [0.25, 0.3) is 21.9 Å². The fraction of sp³-hybridized carbons (Fsp3) is 0.273. The van der Waals surface area contributed by atoms with Gasteiger partial charge >= 0.3 is 0 Å². The lowest BCUT2D eigenvalue weighted by atomic mass is 10.1. The van der Waals surface area contributed by atoms with Crippen LogP contribution in [0, 0.1) is 0 Å². The first-order valence-electron chi connectivity index (χ1n) is 9.56. The van der Waals surface area contributed by atoms with Gasteiger partial charge < -0.3 is 9.55 Å². The monoisotopic (exact) mass is 360 g/mol. The smallest absolute Gasteiger partial charge is 0.226 e. The molecule has 0 bridgehead atoms. The zero-order valence-electron chi connectivity index (χ0n) is 15.5. The van der Waals surface area contributed by atoms with Gasteiger partial charge in [0.05, 0.1) is 11.0 Å². The Kier molecular flexibility index (Phi) is 4.92. The molecule has 5 nitrogen and oxygen atoms in total. The van der Waals surface area contributed by atoms with E-state index in [-0.39, 0.29) is 5.91 Å². The average molecular weight is 360 g/mol. The summed E-state index contributed by atoms with van der Waals surface area (Å²) in [6, 6.07) is 16.3. The number of rotatable bonds is 7. The van der Waals surface area contributed by atoms with E-state index in [1.165, 1.54) is 10.9 Å². The van der Waals surface area contributed by atoms with E-state index in [0.717, 1.165) is 42.4 Å². The average Bonchev–Trinajstić information content (AvgIpc) is 3.24. The molecule has 27 heavy (non-hydrogen) atoms. The predicted octanol–water partition coefficient (Wildman–Crippen LogP) is 4.89. The Morgan fingerprint density at radius 1 is 1.15 bits per heavy atom. The third-order valence-electron chi connectivity index (χ3n) is 4.88. The van der Waals surface area contributed by atoms with Gasteiger partial charge in [0.2, 0.25) is 11.9 Å². The van der Waals surface area contributed by atoms with Crippen LogP contribution >= 0.6 is 0 Å². The number of nitrogens with zero attached hydrogens (tertiary/aromatic N) is 2. The van der Waals surface area contributed by atoms with Crippen LogP contribution in [-0.4, -0.2) is 20.4 Å². The van der Waals surface area contributed by atoms with Gasteiger partial charge in [0.25, 0.3) is 0 Å². The number of anilines is 1. The molecule has 2 aromatic heterocycles. The second kappa shape index (κ2) is 7.66. The van der Waals surface area contributed by atoms with E-state index in [9.17, 15) is 4.79 Å². The zero-order chi connectivity index (χ0) is 18.6. The summed E-state index contributed by atoms with van der Waals surface area (Å²) in [7, 11) is 0. The van der Waals surface area contributed by atoms with Crippen LogP contribution in [0.5, 0.6) is 0 Å². The van der Waals surface area contributed by atoms with Crippen molar-refractivity contribution < 1.29 is 4.79 Å². The number of para-hydroxylation sites is 3. The van der Waals surface area contributed by atoms with Crippen LogP contribution in [-0.2, 0) is 17.8 Å². The minimum Gasteiger partial charge on any atom is -0.361 e. The van der Waals surface area contributed by atoms with E-state index >= 15 is 0 Å². The number of aryl methyl sites for hydroxylation is 2. The van der Waals surface area contributed by atoms with Crippen LogP contribution in [0.4, 0.5) is 5.95 Å². The molecule has 0 saturated heterocycles. The number of carbonyl (C=O) groups is 1. The van der Waals surface area contributed by atoms with Crippen molar-refractivity contribution in [2.45, 2.75) is 39.2 Å². The minimum absolute atomic E-state index is 0.0162. The molecule has 0 radical (unpaired) electrons. The van der Waals surface area contributed by atoms with Crippen molar-refractivity contribution in [2.24, 2.45) is 0 Å². The zero-order valence-corrected chi connectivity index (χ0v) is 15.5. The number of hydrogen-bond donors (Lipinski definition) is 2. The number of nitrogens with one attached hydrogen (secondary N) is 2. The second-order valence-corrected chi connectivity index (χ2v) is 6.84. The Hall–Kier alpha value is -3.08. The first kappa shape index (κ1) is 17.3. The first-order valence-corrected chi connectivity index (χ1v) is 9.56. The van der Waals surface area contributed by atoms with Gasteiger partial charge in [-0.3, -0.25) is 10.1 Å². The highest BCUT2D eigenvalue weighted by Gasteiger charge is 2.13. The number of benzene rings is 2. The Balaban J connectivity index is 1.41. The normalized spacial score (nSPS) is 11.3. The molecule has 5 heteroatoms. The van der Waals surface area contributed by atoms with Crippen molar-refractivity contribution in [1.29, 1.82) is 0 Å². The molecule has 0 fully saturated rings. The lowest BCUT2D eigenvalue weighted by Gasteiger charge is -2.09. The molecule has 0 saturated carbocycles. The van der Waals surface area contributed by atoms with Gasteiger partial charge in [0, 0.05) is 30.1 Å². The van der Waals surface area contributed by atoms with Gasteiger partial charge in [0.1, 0.15) is 0 Å². The van der Waals surface area contributed by atoms with Crippen molar-refractivity contribution in [3.05, 3.63) is 60.3 Å². The van der Waals surface area contributed by atoms with Crippen LogP contribution in [0.2, 0.25) is 0 Å². The van der Waals surface area contributed by atoms with Crippen molar-refractivity contribution in [3.63, 3.8) is 0 Å². The van der Waals surface area contributed by atoms with Crippen LogP contribution in [0.1, 0.15) is 31.7 Å². The molecule has 4 rings (SSSR count). The Morgan fingerprint density at radius 2 is 1.96 bits per heavy atom. The van der Waals surface area contributed by atoms with Gasteiger partial charge in [0.15, 0.2) is 0 Å². The number of fused-ring (bicyclic) bond motifs is 2. The molecule has 0 aliphatic rings. The van der Waals surface area contributed by atoms with Gasteiger partial charge in [-0.05, 0) is 43.0 Å². The standard InChI is InChI=1S/C22H24N4O/c1-2-14-26-20-12-6-5-11-19(20)24-22(26)25-21(27)13-7-8-16-15-23-18-10-4-3-9-17(16)18/h3-6,9-12,15,23H,2,7-8,13-14H2,1H3,(H,24,25,27). The Labute approximate surface area is 158 Å². The molecule has 4 aromatic rings. The number of aromatic nitrogens is 3. The summed E-state index contributed by atoms with van der Waals surface area (Å²) in [4.78, 5) is 20.4. The predicted molar refractivity (Wildman–Crippen MR) is 110 cm³/mol. The molecule has 0 aliphatic heterocycles. The van der Waals surface area contributed by atoms with E-state index in [2.05, 4.69) is 38.9 Å². The highest BCUT2D eigenvalue weighted by atomic mass is 16.1. The third kappa shape index (κ3) is 3.58. The maximum Gasteiger partial charge on any atom is 0.226 e. The van der Waals surface area contributed by atoms with Gasteiger partial charge in [-0.2, -0.15) is 0 Å². The Bertz CT molecular complexity index is 1080. The molecular weight excluding hydrogens is 336 g/mol. The summed E-state index contributed by atoms with van der Waals surface area (Å²) in [5.41, 5.74) is 4.38. The number of amides is 1. The topological polar surface area (TPSA) is 62.7 Å². The Morgan fingerprint density at radius 3 is 2.85 bits per heavy atom. The van der Waals surface area contributed by atoms with Crippen LogP contribution in [0.15, 0.2) is 54.7 Å². The van der Waals surface area contributed by atoms with E-state index in [0.29, 0.717) is 12.4 Å². The number of carbonyl (C=O) groups excluding carboxylic acids is 1. The largest absolute Gasteiger partial charge is 0.361 e. The van der Waals surface area contributed by atoms with E-state index < -0.39 is 0 Å². The molecule has 0 unspecified atom stereocenters. The number of H-pyrrole nitrogens is 1. The summed E-state index contributed by atoms with van der Waals surface area (Å²) in [6.07, 6.45) is 5.20. The summed E-state index contributed by atoms with van der Waals surface area (Å²) >= 11 is 0. The summed E-state index contributed by atoms with van der Waals surface area (Å²) in [6.45, 7) is 2.97. The molecular formula is C22H24N4O. The molecule has 138 valence electrons. The SMILES string of the molecule is CCCn1c(NC(=O)CCCc2c[nH]c3ccccc23)nc2ccccc21. The molecule has 2 heterocycles. The fourth-order valence-electron chi connectivity index (χ4n) is 3.59.